The van der Waals surface area contributed by atoms with Gasteiger partial charge in [-0.25, -0.2) is 14.2 Å². The Morgan fingerprint density at radius 1 is 1.37 bits per heavy atom. The van der Waals surface area contributed by atoms with E-state index in [9.17, 15) is 9.18 Å². The summed E-state index contributed by atoms with van der Waals surface area (Å²) in [5.41, 5.74) is 0.388. The third-order valence-corrected chi connectivity index (χ3v) is 5.46. The summed E-state index contributed by atoms with van der Waals surface area (Å²) in [5.74, 6) is -0.202. The highest BCUT2D eigenvalue weighted by molar-refractivity contribution is 7.09. The number of nitrogens with zero attached hydrogens (tertiary/aromatic N) is 3. The molecule has 160 valence electrons. The summed E-state index contributed by atoms with van der Waals surface area (Å²) in [5, 5.41) is 13.3. The molecule has 0 amide bonds. The van der Waals surface area contributed by atoms with Crippen molar-refractivity contribution in [2.75, 3.05) is 13.1 Å². The van der Waals surface area contributed by atoms with Gasteiger partial charge in [-0.1, -0.05) is 0 Å². The molecular weight excluding hydrogens is 409 g/mol. The van der Waals surface area contributed by atoms with Crippen LogP contribution in [0.3, 0.4) is 0 Å². The maximum Gasteiger partial charge on any atom is 0.528 e. The molecule has 0 spiro atoms. The number of thiazole rings is 1. The maximum atomic E-state index is 13.9. The van der Waals surface area contributed by atoms with Crippen molar-refractivity contribution in [3.63, 3.8) is 0 Å². The standard InChI is InChI=1S/C21H24FN3O4S/c1-21(2,3)28-20(26)29-25-8-6-15(7-9-25)19-24-16(13-30-19)12-27-18-5-4-14(11-23)10-17(18)22/h4-5,10,13,15H,6-9,12H2,1-3H3. The van der Waals surface area contributed by atoms with Crippen molar-refractivity contribution >= 4 is 17.5 Å². The van der Waals surface area contributed by atoms with E-state index >= 15 is 0 Å². The SMILES string of the molecule is CC(C)(C)OC(=O)ON1CCC(c2nc(COc3ccc(C#N)cc3F)cs2)CC1. The zero-order valence-electron chi connectivity index (χ0n) is 17.2. The summed E-state index contributed by atoms with van der Waals surface area (Å²) in [6, 6.07) is 5.99. The van der Waals surface area contributed by atoms with Gasteiger partial charge in [-0.05, 0) is 51.8 Å². The van der Waals surface area contributed by atoms with Crippen molar-refractivity contribution in [2.24, 2.45) is 0 Å². The lowest BCUT2D eigenvalue weighted by Gasteiger charge is -2.30. The predicted molar refractivity (Wildman–Crippen MR) is 108 cm³/mol. The number of aromatic nitrogens is 1. The molecule has 0 bridgehead atoms. The fourth-order valence-electron chi connectivity index (χ4n) is 2.98. The Labute approximate surface area is 178 Å². The highest BCUT2D eigenvalue weighted by atomic mass is 32.1. The summed E-state index contributed by atoms with van der Waals surface area (Å²) in [7, 11) is 0. The van der Waals surface area contributed by atoms with Crippen LogP contribution in [-0.2, 0) is 16.2 Å². The van der Waals surface area contributed by atoms with E-state index in [2.05, 4.69) is 4.98 Å². The van der Waals surface area contributed by atoms with Crippen LogP contribution in [0.4, 0.5) is 9.18 Å². The highest BCUT2D eigenvalue weighted by Crippen LogP contribution is 2.31. The lowest BCUT2D eigenvalue weighted by atomic mass is 9.99. The Bertz CT molecular complexity index is 927. The van der Waals surface area contributed by atoms with E-state index in [1.807, 2.05) is 11.4 Å². The topological polar surface area (TPSA) is 84.7 Å². The fraction of sp³-hybridized carbons (Fsp3) is 0.476. The molecule has 1 aliphatic heterocycles. The van der Waals surface area contributed by atoms with Crippen LogP contribution in [-0.4, -0.2) is 34.9 Å². The van der Waals surface area contributed by atoms with E-state index in [1.165, 1.54) is 12.1 Å². The first-order chi connectivity index (χ1) is 14.2. The smallest absolute Gasteiger partial charge is 0.484 e. The summed E-state index contributed by atoms with van der Waals surface area (Å²) < 4.78 is 24.6. The molecule has 0 radical (unpaired) electrons. The monoisotopic (exact) mass is 433 g/mol. The molecule has 2 heterocycles. The molecule has 1 fully saturated rings. The van der Waals surface area contributed by atoms with Gasteiger partial charge in [0.1, 0.15) is 12.2 Å². The Morgan fingerprint density at radius 2 is 2.10 bits per heavy atom. The van der Waals surface area contributed by atoms with Gasteiger partial charge in [0.05, 0.1) is 22.3 Å². The van der Waals surface area contributed by atoms with Crippen LogP contribution in [0, 0.1) is 17.1 Å². The van der Waals surface area contributed by atoms with Crippen molar-refractivity contribution in [3.05, 3.63) is 45.7 Å². The minimum Gasteiger partial charge on any atom is -0.484 e. The molecule has 30 heavy (non-hydrogen) atoms. The van der Waals surface area contributed by atoms with Gasteiger partial charge in [0.25, 0.3) is 0 Å². The summed E-state index contributed by atoms with van der Waals surface area (Å²) in [6.45, 7) is 6.73. The van der Waals surface area contributed by atoms with Gasteiger partial charge in [-0.15, -0.1) is 16.4 Å². The number of hydrogen-bond acceptors (Lipinski definition) is 8. The normalized spacial score (nSPS) is 15.4. The molecule has 0 saturated carbocycles. The Kier molecular flexibility index (Phi) is 6.90. The Balaban J connectivity index is 1.48. The third-order valence-electron chi connectivity index (χ3n) is 4.40. The average molecular weight is 434 g/mol. The number of piperidine rings is 1. The second-order valence-corrected chi connectivity index (χ2v) is 8.87. The Morgan fingerprint density at radius 3 is 2.73 bits per heavy atom. The number of rotatable bonds is 5. The molecule has 1 aromatic carbocycles. The molecule has 2 aromatic rings. The summed E-state index contributed by atoms with van der Waals surface area (Å²) in [4.78, 5) is 21.6. The van der Waals surface area contributed by atoms with Gasteiger partial charge >= 0.3 is 6.16 Å². The third kappa shape index (κ3) is 6.15. The quantitative estimate of drug-likeness (QED) is 0.628. The molecule has 1 aliphatic rings. The van der Waals surface area contributed by atoms with Gasteiger partial charge in [-0.3, -0.25) is 0 Å². The van der Waals surface area contributed by atoms with Gasteiger partial charge in [-0.2, -0.15) is 5.26 Å². The van der Waals surface area contributed by atoms with E-state index in [0.29, 0.717) is 13.1 Å². The Hall–Kier alpha value is -2.70. The molecule has 7 nitrogen and oxygen atoms in total. The van der Waals surface area contributed by atoms with E-state index in [0.717, 1.165) is 29.6 Å². The van der Waals surface area contributed by atoms with Gasteiger partial charge in [0.15, 0.2) is 11.6 Å². The predicted octanol–water partition coefficient (Wildman–Crippen LogP) is 4.78. The number of ether oxygens (including phenoxy) is 2. The van der Waals surface area contributed by atoms with Crippen LogP contribution in [0.5, 0.6) is 5.75 Å². The largest absolute Gasteiger partial charge is 0.528 e. The first-order valence-corrected chi connectivity index (χ1v) is 10.5. The van der Waals surface area contributed by atoms with Crippen molar-refractivity contribution in [2.45, 2.75) is 51.7 Å². The number of nitriles is 1. The second-order valence-electron chi connectivity index (χ2n) is 7.98. The molecule has 0 atom stereocenters. The summed E-state index contributed by atoms with van der Waals surface area (Å²) in [6.07, 6.45) is 0.923. The summed E-state index contributed by atoms with van der Waals surface area (Å²) >= 11 is 1.55. The van der Waals surface area contributed by atoms with Crippen molar-refractivity contribution in [3.8, 4) is 11.8 Å². The molecule has 3 rings (SSSR count). The van der Waals surface area contributed by atoms with E-state index in [4.69, 9.17) is 19.6 Å². The molecule has 1 saturated heterocycles. The molecule has 0 aliphatic carbocycles. The fourth-order valence-corrected chi connectivity index (χ4v) is 3.96. The molecule has 1 aromatic heterocycles. The first kappa shape index (κ1) is 22.0. The lowest BCUT2D eigenvalue weighted by Crippen LogP contribution is -2.37. The zero-order chi connectivity index (χ0) is 21.7. The molecule has 0 N–H and O–H groups in total. The number of hydrogen-bond donors (Lipinski definition) is 0. The van der Waals surface area contributed by atoms with Gasteiger partial charge in [0, 0.05) is 24.4 Å². The highest BCUT2D eigenvalue weighted by Gasteiger charge is 2.27. The van der Waals surface area contributed by atoms with E-state index in [-0.39, 0.29) is 23.8 Å². The van der Waals surface area contributed by atoms with Crippen LogP contribution in [0.1, 0.15) is 55.8 Å². The molecule has 0 unspecified atom stereocenters. The van der Waals surface area contributed by atoms with Crippen LogP contribution in [0.25, 0.3) is 0 Å². The minimum atomic E-state index is -0.690. The second kappa shape index (κ2) is 9.41. The van der Waals surface area contributed by atoms with Gasteiger partial charge < -0.3 is 14.3 Å². The molecular formula is C21H24FN3O4S. The van der Waals surface area contributed by atoms with Crippen molar-refractivity contribution in [1.29, 1.82) is 5.26 Å². The van der Waals surface area contributed by atoms with Crippen molar-refractivity contribution in [1.82, 2.24) is 10.0 Å². The van der Waals surface area contributed by atoms with E-state index < -0.39 is 17.6 Å². The number of carbonyl (C=O) groups excluding carboxylic acids is 1. The number of carbonyl (C=O) groups is 1. The number of halogens is 1. The maximum absolute atomic E-state index is 13.9. The van der Waals surface area contributed by atoms with Gasteiger partial charge in [0.2, 0.25) is 0 Å². The average Bonchev–Trinajstić information content (AvgIpc) is 3.15. The minimum absolute atomic E-state index is 0.0937. The van der Waals surface area contributed by atoms with Crippen LogP contribution >= 0.6 is 11.3 Å². The van der Waals surface area contributed by atoms with Crippen molar-refractivity contribution < 1.29 is 23.5 Å². The van der Waals surface area contributed by atoms with Crippen LogP contribution in [0.15, 0.2) is 23.6 Å². The first-order valence-electron chi connectivity index (χ1n) is 9.66. The van der Waals surface area contributed by atoms with Crippen LogP contribution in [0.2, 0.25) is 0 Å². The molecule has 9 heteroatoms. The number of hydroxylamine groups is 2. The lowest BCUT2D eigenvalue weighted by molar-refractivity contribution is -0.152. The zero-order valence-corrected chi connectivity index (χ0v) is 18.0. The van der Waals surface area contributed by atoms with E-state index in [1.54, 1.807) is 37.2 Å². The van der Waals surface area contributed by atoms with Crippen LogP contribution < -0.4 is 4.74 Å². The number of benzene rings is 1.